The summed E-state index contributed by atoms with van der Waals surface area (Å²) >= 11 is 6.02. The molecule has 3 rings (SSSR count). The second-order valence-corrected chi connectivity index (χ2v) is 5.47. The van der Waals surface area contributed by atoms with Crippen molar-refractivity contribution < 1.29 is 0 Å². The summed E-state index contributed by atoms with van der Waals surface area (Å²) in [7, 11) is 3.81. The lowest BCUT2D eigenvalue weighted by molar-refractivity contribution is 0.765. The first-order chi connectivity index (χ1) is 10.6. The number of aryl methyl sites for hydroxylation is 1. The number of hydrogen-bond acceptors (Lipinski definition) is 5. The number of rotatable bonds is 4. The van der Waals surface area contributed by atoms with Crippen molar-refractivity contribution in [3.63, 3.8) is 0 Å². The molecule has 0 radical (unpaired) electrons. The lowest BCUT2D eigenvalue weighted by Gasteiger charge is -2.15. The molecule has 0 aliphatic heterocycles. The quantitative estimate of drug-likeness (QED) is 0.740. The van der Waals surface area contributed by atoms with E-state index in [2.05, 4.69) is 20.3 Å². The first-order valence-electron chi connectivity index (χ1n) is 6.76. The van der Waals surface area contributed by atoms with Crippen LogP contribution in [0.15, 0.2) is 42.9 Å². The van der Waals surface area contributed by atoms with Gasteiger partial charge in [0.15, 0.2) is 0 Å². The lowest BCUT2D eigenvalue weighted by Crippen LogP contribution is -2.19. The molecule has 0 bridgehead atoms. The third-order valence-corrected chi connectivity index (χ3v) is 3.42. The molecule has 0 atom stereocenters. The van der Waals surface area contributed by atoms with Crippen LogP contribution in [0.2, 0.25) is 5.02 Å². The van der Waals surface area contributed by atoms with Gasteiger partial charge in [0.05, 0.1) is 18.1 Å². The second-order valence-electron chi connectivity index (χ2n) is 5.03. The minimum absolute atomic E-state index is 0.557. The van der Waals surface area contributed by atoms with Crippen LogP contribution in [-0.4, -0.2) is 32.0 Å². The molecule has 1 aromatic carbocycles. The van der Waals surface area contributed by atoms with E-state index in [4.69, 9.17) is 11.6 Å². The molecule has 112 valence electrons. The van der Waals surface area contributed by atoms with Crippen LogP contribution >= 0.6 is 11.6 Å². The van der Waals surface area contributed by atoms with Crippen molar-refractivity contribution in [2.24, 2.45) is 7.05 Å². The van der Waals surface area contributed by atoms with E-state index in [0.29, 0.717) is 17.5 Å². The maximum Gasteiger partial charge on any atom is 0.245 e. The molecule has 2 aromatic heterocycles. The Hall–Kier alpha value is -2.47. The van der Waals surface area contributed by atoms with Crippen LogP contribution in [0.1, 0.15) is 5.56 Å². The molecule has 22 heavy (non-hydrogen) atoms. The Labute approximate surface area is 133 Å². The lowest BCUT2D eigenvalue weighted by atomic mass is 10.2. The van der Waals surface area contributed by atoms with Gasteiger partial charge in [-0.1, -0.05) is 23.7 Å². The molecule has 0 aliphatic rings. The minimum Gasteiger partial charge on any atom is -0.338 e. The van der Waals surface area contributed by atoms with Crippen LogP contribution in [0, 0.1) is 0 Å². The fraction of sp³-hybridized carbons (Fsp3) is 0.200. The van der Waals surface area contributed by atoms with Gasteiger partial charge in [-0.05, 0) is 12.1 Å². The van der Waals surface area contributed by atoms with E-state index in [1.54, 1.807) is 10.9 Å². The van der Waals surface area contributed by atoms with Crippen molar-refractivity contribution in [1.29, 1.82) is 0 Å². The standard InChI is InChI=1S/C15H15ClN6/c1-21(9-11-7-18-22(2)10-11)15-19-14(8-17-20-15)12-4-3-5-13(16)6-12/h3-8,10H,9H2,1-2H3. The number of halogens is 1. The molecule has 0 fully saturated rings. The van der Waals surface area contributed by atoms with E-state index in [9.17, 15) is 0 Å². The van der Waals surface area contributed by atoms with Crippen LogP contribution in [0.4, 0.5) is 5.95 Å². The van der Waals surface area contributed by atoms with Crippen molar-refractivity contribution in [1.82, 2.24) is 25.0 Å². The summed E-state index contributed by atoms with van der Waals surface area (Å²) in [6.07, 6.45) is 5.42. The smallest absolute Gasteiger partial charge is 0.245 e. The highest BCUT2D eigenvalue weighted by Gasteiger charge is 2.09. The predicted molar refractivity (Wildman–Crippen MR) is 85.6 cm³/mol. The summed E-state index contributed by atoms with van der Waals surface area (Å²) in [4.78, 5) is 6.48. The molecule has 0 amide bonds. The molecule has 0 spiro atoms. The molecule has 0 saturated heterocycles. The van der Waals surface area contributed by atoms with Gasteiger partial charge in [0.1, 0.15) is 0 Å². The maximum atomic E-state index is 6.02. The Bertz CT molecular complexity index is 785. The molecule has 0 unspecified atom stereocenters. The molecular formula is C15H15ClN6. The van der Waals surface area contributed by atoms with Crippen molar-refractivity contribution in [3.8, 4) is 11.3 Å². The Balaban J connectivity index is 1.84. The van der Waals surface area contributed by atoms with Gasteiger partial charge in [-0.3, -0.25) is 4.68 Å². The number of hydrogen-bond donors (Lipinski definition) is 0. The molecule has 0 saturated carbocycles. The van der Waals surface area contributed by atoms with Gasteiger partial charge in [-0.25, -0.2) is 4.98 Å². The Morgan fingerprint density at radius 1 is 1.27 bits per heavy atom. The zero-order valence-corrected chi connectivity index (χ0v) is 13.1. The third kappa shape index (κ3) is 3.23. The molecule has 6 nitrogen and oxygen atoms in total. The van der Waals surface area contributed by atoms with E-state index in [0.717, 1.165) is 16.8 Å². The average Bonchev–Trinajstić information content (AvgIpc) is 2.92. The maximum absolute atomic E-state index is 6.02. The van der Waals surface area contributed by atoms with E-state index in [1.165, 1.54) is 0 Å². The summed E-state index contributed by atoms with van der Waals surface area (Å²) < 4.78 is 1.77. The SMILES string of the molecule is CN(Cc1cnn(C)c1)c1nncc(-c2cccc(Cl)c2)n1. The molecule has 3 aromatic rings. The Kier molecular flexibility index (Phi) is 4.02. The van der Waals surface area contributed by atoms with Crippen molar-refractivity contribution in [2.45, 2.75) is 6.54 Å². The van der Waals surface area contributed by atoms with Gasteiger partial charge in [-0.15, -0.1) is 5.10 Å². The van der Waals surface area contributed by atoms with Crippen molar-refractivity contribution in [3.05, 3.63) is 53.4 Å². The molecule has 2 heterocycles. The number of aromatic nitrogens is 5. The van der Waals surface area contributed by atoms with E-state index >= 15 is 0 Å². The van der Waals surface area contributed by atoms with Gasteiger partial charge in [0.2, 0.25) is 5.95 Å². The zero-order chi connectivity index (χ0) is 15.5. The van der Waals surface area contributed by atoms with E-state index in [1.807, 2.05) is 55.7 Å². The van der Waals surface area contributed by atoms with Crippen LogP contribution in [-0.2, 0) is 13.6 Å². The summed E-state index contributed by atoms with van der Waals surface area (Å²) in [5, 5.41) is 13.0. The van der Waals surface area contributed by atoms with Crippen LogP contribution in [0.5, 0.6) is 0 Å². The van der Waals surface area contributed by atoms with Crippen molar-refractivity contribution >= 4 is 17.5 Å². The fourth-order valence-corrected chi connectivity index (χ4v) is 2.33. The molecule has 7 heteroatoms. The number of nitrogens with zero attached hydrogens (tertiary/aromatic N) is 6. The van der Waals surface area contributed by atoms with E-state index < -0.39 is 0 Å². The highest BCUT2D eigenvalue weighted by atomic mass is 35.5. The summed E-state index contributed by atoms with van der Waals surface area (Å²) in [6.45, 7) is 0.661. The highest BCUT2D eigenvalue weighted by Crippen LogP contribution is 2.21. The number of benzene rings is 1. The summed E-state index contributed by atoms with van der Waals surface area (Å²) in [5.74, 6) is 0.557. The highest BCUT2D eigenvalue weighted by molar-refractivity contribution is 6.30. The van der Waals surface area contributed by atoms with Crippen LogP contribution < -0.4 is 4.90 Å². The molecular weight excluding hydrogens is 300 g/mol. The Morgan fingerprint density at radius 3 is 2.86 bits per heavy atom. The van der Waals surface area contributed by atoms with Gasteiger partial charge < -0.3 is 4.90 Å². The summed E-state index contributed by atoms with van der Waals surface area (Å²) in [5.41, 5.74) is 2.74. The Morgan fingerprint density at radius 2 is 2.14 bits per heavy atom. The van der Waals surface area contributed by atoms with Gasteiger partial charge in [0, 0.05) is 43.0 Å². The second kappa shape index (κ2) is 6.11. The van der Waals surface area contributed by atoms with Gasteiger partial charge >= 0.3 is 0 Å². The third-order valence-electron chi connectivity index (χ3n) is 3.19. The summed E-state index contributed by atoms with van der Waals surface area (Å²) in [6, 6.07) is 7.52. The monoisotopic (exact) mass is 314 g/mol. The van der Waals surface area contributed by atoms with Gasteiger partial charge in [0.25, 0.3) is 0 Å². The normalized spacial score (nSPS) is 10.7. The zero-order valence-electron chi connectivity index (χ0n) is 12.3. The largest absolute Gasteiger partial charge is 0.338 e. The topological polar surface area (TPSA) is 59.7 Å². The van der Waals surface area contributed by atoms with Gasteiger partial charge in [-0.2, -0.15) is 10.2 Å². The minimum atomic E-state index is 0.557. The molecule has 0 aliphatic carbocycles. The number of anilines is 1. The average molecular weight is 315 g/mol. The predicted octanol–water partition coefficient (Wildman–Crippen LogP) is 2.56. The fourth-order valence-electron chi connectivity index (χ4n) is 2.14. The van der Waals surface area contributed by atoms with E-state index in [-0.39, 0.29) is 0 Å². The van der Waals surface area contributed by atoms with Crippen molar-refractivity contribution in [2.75, 3.05) is 11.9 Å². The first-order valence-corrected chi connectivity index (χ1v) is 7.14. The molecule has 0 N–H and O–H groups in total. The first kappa shape index (κ1) is 14.5. The van der Waals surface area contributed by atoms with Crippen LogP contribution in [0.3, 0.4) is 0 Å². The van der Waals surface area contributed by atoms with Crippen LogP contribution in [0.25, 0.3) is 11.3 Å².